The molecule has 2 N–H and O–H groups in total. The fourth-order valence-electron chi connectivity index (χ4n) is 2.48. The molecule has 1 aromatic carbocycles. The Morgan fingerprint density at radius 3 is 2.67 bits per heavy atom. The lowest BCUT2D eigenvalue weighted by Crippen LogP contribution is -2.06. The molecule has 2 aromatic rings. The normalized spacial score (nSPS) is 13.6. The number of aryl methyl sites for hydroxylation is 2. The van der Waals surface area contributed by atoms with Gasteiger partial charge in [-0.25, -0.2) is 9.97 Å². The summed E-state index contributed by atoms with van der Waals surface area (Å²) in [5.74, 6) is 1.52. The number of nitrogens with zero attached hydrogens (tertiary/aromatic N) is 2. The van der Waals surface area contributed by atoms with E-state index in [-0.39, 0.29) is 0 Å². The molecular weight excluding hydrogens is 222 g/mol. The van der Waals surface area contributed by atoms with Crippen LogP contribution in [-0.2, 0) is 19.3 Å². The molecule has 0 spiro atoms. The molecule has 0 fully saturated rings. The topological polar surface area (TPSA) is 51.8 Å². The number of rotatable bonds is 2. The van der Waals surface area contributed by atoms with Crippen molar-refractivity contribution in [2.75, 3.05) is 5.73 Å². The van der Waals surface area contributed by atoms with Crippen molar-refractivity contribution in [2.24, 2.45) is 0 Å². The maximum absolute atomic E-state index is 6.00. The summed E-state index contributed by atoms with van der Waals surface area (Å²) in [6, 6.07) is 8.49. The van der Waals surface area contributed by atoms with Gasteiger partial charge in [0.15, 0.2) is 0 Å². The highest BCUT2D eigenvalue weighted by molar-refractivity contribution is 5.45. The number of nitrogen functional groups attached to an aromatic ring is 1. The standard InChI is InChI=1S/C15H17N3/c1-10-5-7-11(8-6-10)9-14-17-13-4-2-3-12(13)15(16)18-14/h5-8H,2-4,9H2,1H3,(H2,16,17,18). The van der Waals surface area contributed by atoms with Crippen LogP contribution in [0.25, 0.3) is 0 Å². The van der Waals surface area contributed by atoms with Gasteiger partial charge >= 0.3 is 0 Å². The van der Waals surface area contributed by atoms with Gasteiger partial charge in [-0.1, -0.05) is 29.8 Å². The van der Waals surface area contributed by atoms with Gasteiger partial charge in [-0.05, 0) is 31.7 Å². The molecule has 92 valence electrons. The average molecular weight is 239 g/mol. The number of hydrogen-bond acceptors (Lipinski definition) is 3. The Hall–Kier alpha value is -1.90. The van der Waals surface area contributed by atoms with E-state index < -0.39 is 0 Å². The van der Waals surface area contributed by atoms with E-state index in [0.717, 1.165) is 37.2 Å². The molecule has 1 aromatic heterocycles. The van der Waals surface area contributed by atoms with Gasteiger partial charge in [-0.2, -0.15) is 0 Å². The Balaban J connectivity index is 1.89. The van der Waals surface area contributed by atoms with E-state index in [9.17, 15) is 0 Å². The van der Waals surface area contributed by atoms with Gasteiger partial charge in [0.2, 0.25) is 0 Å². The molecule has 0 unspecified atom stereocenters. The third-order valence-electron chi connectivity index (χ3n) is 3.49. The molecule has 1 aliphatic rings. The quantitative estimate of drug-likeness (QED) is 0.875. The fraction of sp³-hybridized carbons (Fsp3) is 0.333. The minimum atomic E-state index is 0.680. The van der Waals surface area contributed by atoms with Crippen molar-refractivity contribution in [3.05, 3.63) is 52.5 Å². The first-order chi connectivity index (χ1) is 8.72. The Bertz CT molecular complexity index is 573. The van der Waals surface area contributed by atoms with Crippen LogP contribution >= 0.6 is 0 Å². The summed E-state index contributed by atoms with van der Waals surface area (Å²) in [6.07, 6.45) is 3.99. The second-order valence-electron chi connectivity index (χ2n) is 4.97. The highest BCUT2D eigenvalue weighted by Gasteiger charge is 2.17. The molecule has 1 heterocycles. The van der Waals surface area contributed by atoms with Gasteiger partial charge in [-0.3, -0.25) is 0 Å². The number of fused-ring (bicyclic) bond motifs is 1. The molecule has 1 aliphatic carbocycles. The third-order valence-corrected chi connectivity index (χ3v) is 3.49. The van der Waals surface area contributed by atoms with Gasteiger partial charge in [0, 0.05) is 17.7 Å². The van der Waals surface area contributed by atoms with Crippen molar-refractivity contribution in [3.63, 3.8) is 0 Å². The molecule has 0 amide bonds. The van der Waals surface area contributed by atoms with Crippen molar-refractivity contribution >= 4 is 5.82 Å². The van der Waals surface area contributed by atoms with Crippen LogP contribution in [0.2, 0.25) is 0 Å². The zero-order chi connectivity index (χ0) is 12.5. The number of anilines is 1. The van der Waals surface area contributed by atoms with Gasteiger partial charge in [0.1, 0.15) is 11.6 Å². The van der Waals surface area contributed by atoms with Crippen LogP contribution in [0.15, 0.2) is 24.3 Å². The van der Waals surface area contributed by atoms with E-state index in [1.165, 1.54) is 16.7 Å². The largest absolute Gasteiger partial charge is 0.383 e. The van der Waals surface area contributed by atoms with Crippen molar-refractivity contribution in [2.45, 2.75) is 32.6 Å². The van der Waals surface area contributed by atoms with Gasteiger partial charge < -0.3 is 5.73 Å². The first kappa shape index (κ1) is 11.2. The molecular formula is C15H17N3. The Morgan fingerprint density at radius 2 is 1.89 bits per heavy atom. The zero-order valence-electron chi connectivity index (χ0n) is 10.6. The van der Waals surface area contributed by atoms with Crippen LogP contribution in [0.1, 0.15) is 34.6 Å². The van der Waals surface area contributed by atoms with Crippen molar-refractivity contribution < 1.29 is 0 Å². The van der Waals surface area contributed by atoms with Crippen molar-refractivity contribution in [3.8, 4) is 0 Å². The lowest BCUT2D eigenvalue weighted by Gasteiger charge is -2.07. The molecule has 0 aliphatic heterocycles. The Morgan fingerprint density at radius 1 is 1.11 bits per heavy atom. The fourth-order valence-corrected chi connectivity index (χ4v) is 2.48. The minimum absolute atomic E-state index is 0.680. The second-order valence-corrected chi connectivity index (χ2v) is 4.97. The van der Waals surface area contributed by atoms with Crippen LogP contribution < -0.4 is 5.73 Å². The summed E-state index contributed by atoms with van der Waals surface area (Å²) in [5, 5.41) is 0. The highest BCUT2D eigenvalue weighted by Crippen LogP contribution is 2.24. The lowest BCUT2D eigenvalue weighted by molar-refractivity contribution is 0.886. The summed E-state index contributed by atoms with van der Waals surface area (Å²) in [6.45, 7) is 2.09. The Labute approximate surface area is 107 Å². The van der Waals surface area contributed by atoms with Gasteiger partial charge in [-0.15, -0.1) is 0 Å². The van der Waals surface area contributed by atoms with Crippen LogP contribution in [0.3, 0.4) is 0 Å². The van der Waals surface area contributed by atoms with E-state index in [1.54, 1.807) is 0 Å². The minimum Gasteiger partial charge on any atom is -0.383 e. The lowest BCUT2D eigenvalue weighted by atomic mass is 10.1. The molecule has 0 saturated heterocycles. The Kier molecular flexibility index (Phi) is 2.74. The van der Waals surface area contributed by atoms with Gasteiger partial charge in [0.25, 0.3) is 0 Å². The predicted molar refractivity (Wildman–Crippen MR) is 72.5 cm³/mol. The molecule has 0 bridgehead atoms. The molecule has 3 rings (SSSR count). The van der Waals surface area contributed by atoms with Crippen molar-refractivity contribution in [1.82, 2.24) is 9.97 Å². The van der Waals surface area contributed by atoms with E-state index >= 15 is 0 Å². The summed E-state index contributed by atoms with van der Waals surface area (Å²) in [5.41, 5.74) is 10.8. The van der Waals surface area contributed by atoms with E-state index in [0.29, 0.717) is 5.82 Å². The van der Waals surface area contributed by atoms with Crippen LogP contribution in [0, 0.1) is 6.92 Å². The maximum atomic E-state index is 6.00. The maximum Gasteiger partial charge on any atom is 0.135 e. The van der Waals surface area contributed by atoms with Crippen LogP contribution in [0.4, 0.5) is 5.82 Å². The average Bonchev–Trinajstić information content (AvgIpc) is 2.81. The third kappa shape index (κ3) is 2.08. The molecule has 3 heteroatoms. The number of aromatic nitrogens is 2. The molecule has 18 heavy (non-hydrogen) atoms. The zero-order valence-corrected chi connectivity index (χ0v) is 10.6. The first-order valence-electron chi connectivity index (χ1n) is 6.42. The first-order valence-corrected chi connectivity index (χ1v) is 6.42. The number of hydrogen-bond donors (Lipinski definition) is 1. The summed E-state index contributed by atoms with van der Waals surface area (Å²) in [4.78, 5) is 9.07. The monoisotopic (exact) mass is 239 g/mol. The summed E-state index contributed by atoms with van der Waals surface area (Å²) < 4.78 is 0. The molecule has 0 atom stereocenters. The molecule has 0 saturated carbocycles. The molecule has 0 radical (unpaired) electrons. The number of benzene rings is 1. The SMILES string of the molecule is Cc1ccc(Cc2nc(N)c3c(n2)CCC3)cc1. The van der Waals surface area contributed by atoms with E-state index in [1.807, 2.05) is 0 Å². The molecule has 3 nitrogen and oxygen atoms in total. The predicted octanol–water partition coefficient (Wildman–Crippen LogP) is 2.45. The summed E-state index contributed by atoms with van der Waals surface area (Å²) >= 11 is 0. The summed E-state index contributed by atoms with van der Waals surface area (Å²) in [7, 11) is 0. The highest BCUT2D eigenvalue weighted by atomic mass is 15.0. The van der Waals surface area contributed by atoms with Crippen LogP contribution in [0.5, 0.6) is 0 Å². The smallest absolute Gasteiger partial charge is 0.135 e. The van der Waals surface area contributed by atoms with Crippen molar-refractivity contribution in [1.29, 1.82) is 0 Å². The van der Waals surface area contributed by atoms with E-state index in [2.05, 4.69) is 41.2 Å². The van der Waals surface area contributed by atoms with Gasteiger partial charge in [0.05, 0.1) is 0 Å². The van der Waals surface area contributed by atoms with E-state index in [4.69, 9.17) is 5.73 Å². The number of nitrogens with two attached hydrogens (primary N) is 1. The van der Waals surface area contributed by atoms with Crippen LogP contribution in [-0.4, -0.2) is 9.97 Å². The second kappa shape index (κ2) is 4.41.